The van der Waals surface area contributed by atoms with E-state index in [2.05, 4.69) is 76.5 Å². The Labute approximate surface area is 136 Å². The molecule has 2 aromatic rings. The summed E-state index contributed by atoms with van der Waals surface area (Å²) in [5.74, 6) is 0. The summed E-state index contributed by atoms with van der Waals surface area (Å²) in [7, 11) is 0. The van der Waals surface area contributed by atoms with Crippen LogP contribution in [-0.2, 0) is 12.8 Å². The number of hydrogen-bond acceptors (Lipinski definition) is 2. The first-order valence-corrected chi connectivity index (χ1v) is 8.44. The van der Waals surface area contributed by atoms with Gasteiger partial charge in [0.05, 0.1) is 11.7 Å². The molecule has 112 valence electrons. The fourth-order valence-electron chi connectivity index (χ4n) is 2.34. The Morgan fingerprint density at radius 2 is 1.76 bits per heavy atom. The fraction of sp³-hybridized carbons (Fsp3) is 0.389. The molecule has 0 radical (unpaired) electrons. The minimum absolute atomic E-state index is 0.269. The highest BCUT2D eigenvalue weighted by molar-refractivity contribution is 9.10. The molecule has 1 atom stereocenters. The first-order chi connectivity index (χ1) is 10.2. The van der Waals surface area contributed by atoms with Crippen LogP contribution in [0.15, 0.2) is 47.1 Å². The van der Waals surface area contributed by atoms with Crippen molar-refractivity contribution in [1.29, 1.82) is 0 Å². The van der Waals surface area contributed by atoms with Crippen LogP contribution in [0.1, 0.15) is 43.1 Å². The summed E-state index contributed by atoms with van der Waals surface area (Å²) in [5, 5.41) is 3.60. The maximum Gasteiger partial charge on any atom is 0.0577 e. The number of nitrogens with zero attached hydrogens (tertiary/aromatic N) is 1. The van der Waals surface area contributed by atoms with Gasteiger partial charge in [-0.2, -0.15) is 0 Å². The summed E-state index contributed by atoms with van der Waals surface area (Å²) in [5.41, 5.74) is 3.84. The van der Waals surface area contributed by atoms with Gasteiger partial charge in [0.25, 0.3) is 0 Å². The number of hydrogen-bond donors (Lipinski definition) is 1. The Kier molecular flexibility index (Phi) is 6.40. The molecule has 0 aliphatic heterocycles. The molecule has 1 N–H and O–H groups in total. The molecule has 0 saturated heterocycles. The lowest BCUT2D eigenvalue weighted by molar-refractivity contribution is 0.517. The Balaban J connectivity index is 2.13. The van der Waals surface area contributed by atoms with Gasteiger partial charge in [-0.15, -0.1) is 0 Å². The topological polar surface area (TPSA) is 24.9 Å². The first kappa shape index (κ1) is 16.2. The van der Waals surface area contributed by atoms with Crippen molar-refractivity contribution < 1.29 is 0 Å². The Hall–Kier alpha value is -1.19. The van der Waals surface area contributed by atoms with Crippen molar-refractivity contribution in [3.05, 3.63) is 63.9 Å². The van der Waals surface area contributed by atoms with Crippen molar-refractivity contribution in [2.75, 3.05) is 6.54 Å². The molecule has 3 heteroatoms. The number of benzene rings is 1. The lowest BCUT2D eigenvalue weighted by Gasteiger charge is -2.18. The molecule has 1 heterocycles. The SMILES string of the molecule is CCCNC(Cc1ccc(CC)cc1)c1ccc(Br)cn1. The highest BCUT2D eigenvalue weighted by atomic mass is 79.9. The molecule has 1 aromatic heterocycles. The van der Waals surface area contributed by atoms with Gasteiger partial charge < -0.3 is 5.32 Å². The smallest absolute Gasteiger partial charge is 0.0577 e. The van der Waals surface area contributed by atoms with Crippen LogP contribution in [0, 0.1) is 0 Å². The first-order valence-electron chi connectivity index (χ1n) is 7.65. The monoisotopic (exact) mass is 346 g/mol. The summed E-state index contributed by atoms with van der Waals surface area (Å²) >= 11 is 3.45. The van der Waals surface area contributed by atoms with Crippen LogP contribution in [-0.4, -0.2) is 11.5 Å². The summed E-state index contributed by atoms with van der Waals surface area (Å²) in [4.78, 5) is 4.55. The molecule has 1 aromatic carbocycles. The maximum atomic E-state index is 4.55. The van der Waals surface area contributed by atoms with Crippen LogP contribution in [0.4, 0.5) is 0 Å². The van der Waals surface area contributed by atoms with Gasteiger partial charge in [0, 0.05) is 10.7 Å². The van der Waals surface area contributed by atoms with Crippen LogP contribution < -0.4 is 5.32 Å². The molecule has 1 unspecified atom stereocenters. The molecule has 0 bridgehead atoms. The van der Waals surface area contributed by atoms with Crippen molar-refractivity contribution in [1.82, 2.24) is 10.3 Å². The number of nitrogens with one attached hydrogen (secondary N) is 1. The van der Waals surface area contributed by atoms with E-state index in [9.17, 15) is 0 Å². The van der Waals surface area contributed by atoms with Crippen LogP contribution in [0.3, 0.4) is 0 Å². The van der Waals surface area contributed by atoms with Gasteiger partial charge in [0.15, 0.2) is 0 Å². The summed E-state index contributed by atoms with van der Waals surface area (Å²) < 4.78 is 1.02. The van der Waals surface area contributed by atoms with E-state index < -0.39 is 0 Å². The van der Waals surface area contributed by atoms with Crippen LogP contribution in [0.25, 0.3) is 0 Å². The fourth-order valence-corrected chi connectivity index (χ4v) is 2.57. The number of rotatable bonds is 7. The lowest BCUT2D eigenvalue weighted by Crippen LogP contribution is -2.25. The zero-order valence-electron chi connectivity index (χ0n) is 12.8. The van der Waals surface area contributed by atoms with E-state index in [0.29, 0.717) is 0 Å². The summed E-state index contributed by atoms with van der Waals surface area (Å²) in [6.07, 6.45) is 5.06. The minimum atomic E-state index is 0.269. The number of aromatic nitrogens is 1. The van der Waals surface area contributed by atoms with Crippen LogP contribution >= 0.6 is 15.9 Å². The van der Waals surface area contributed by atoms with Gasteiger partial charge in [-0.3, -0.25) is 4.98 Å². The quantitative estimate of drug-likeness (QED) is 0.786. The number of aryl methyl sites for hydroxylation is 1. The average molecular weight is 347 g/mol. The second kappa shape index (κ2) is 8.30. The minimum Gasteiger partial charge on any atom is -0.308 e. The molecular weight excluding hydrogens is 324 g/mol. The van der Waals surface area contributed by atoms with Crippen molar-refractivity contribution in [2.45, 2.75) is 39.2 Å². The van der Waals surface area contributed by atoms with E-state index in [1.807, 2.05) is 6.20 Å². The van der Waals surface area contributed by atoms with Gasteiger partial charge in [0.2, 0.25) is 0 Å². The van der Waals surface area contributed by atoms with E-state index in [0.717, 1.165) is 36.0 Å². The van der Waals surface area contributed by atoms with E-state index >= 15 is 0 Å². The van der Waals surface area contributed by atoms with Crippen molar-refractivity contribution in [3.8, 4) is 0 Å². The Morgan fingerprint density at radius 3 is 2.33 bits per heavy atom. The van der Waals surface area contributed by atoms with Crippen molar-refractivity contribution in [2.24, 2.45) is 0 Å². The number of halogens is 1. The van der Waals surface area contributed by atoms with Gasteiger partial charge in [-0.25, -0.2) is 0 Å². The maximum absolute atomic E-state index is 4.55. The molecule has 2 rings (SSSR count). The molecule has 2 nitrogen and oxygen atoms in total. The summed E-state index contributed by atoms with van der Waals surface area (Å²) in [6.45, 7) is 5.39. The van der Waals surface area contributed by atoms with Crippen LogP contribution in [0.5, 0.6) is 0 Å². The number of pyridine rings is 1. The lowest BCUT2D eigenvalue weighted by atomic mass is 10.0. The molecule has 0 aliphatic rings. The molecule has 0 amide bonds. The van der Waals surface area contributed by atoms with Gasteiger partial charge >= 0.3 is 0 Å². The molecule has 0 saturated carbocycles. The Morgan fingerprint density at radius 1 is 1.05 bits per heavy atom. The predicted octanol–water partition coefficient (Wildman–Crippen LogP) is 4.69. The third-order valence-electron chi connectivity index (χ3n) is 3.62. The van der Waals surface area contributed by atoms with Crippen molar-refractivity contribution in [3.63, 3.8) is 0 Å². The van der Waals surface area contributed by atoms with Gasteiger partial charge in [0.1, 0.15) is 0 Å². The third kappa shape index (κ3) is 4.94. The van der Waals surface area contributed by atoms with E-state index in [-0.39, 0.29) is 6.04 Å². The highest BCUT2D eigenvalue weighted by Crippen LogP contribution is 2.19. The molecule has 21 heavy (non-hydrogen) atoms. The van der Waals surface area contributed by atoms with E-state index in [1.54, 1.807) is 0 Å². The third-order valence-corrected chi connectivity index (χ3v) is 4.09. The van der Waals surface area contributed by atoms with Crippen molar-refractivity contribution >= 4 is 15.9 Å². The second-order valence-electron chi connectivity index (χ2n) is 5.28. The Bertz CT molecular complexity index is 534. The molecule has 0 fully saturated rings. The highest BCUT2D eigenvalue weighted by Gasteiger charge is 2.12. The van der Waals surface area contributed by atoms with Crippen LogP contribution in [0.2, 0.25) is 0 Å². The normalized spacial score (nSPS) is 12.3. The predicted molar refractivity (Wildman–Crippen MR) is 92.5 cm³/mol. The summed E-state index contributed by atoms with van der Waals surface area (Å²) in [6, 6.07) is 13.3. The molecular formula is C18H23BrN2. The average Bonchev–Trinajstić information content (AvgIpc) is 2.53. The van der Waals surface area contributed by atoms with Gasteiger partial charge in [-0.05, 0) is 65.0 Å². The molecule has 0 spiro atoms. The molecule has 0 aliphatic carbocycles. The van der Waals surface area contributed by atoms with E-state index in [1.165, 1.54) is 11.1 Å². The largest absolute Gasteiger partial charge is 0.308 e. The van der Waals surface area contributed by atoms with E-state index in [4.69, 9.17) is 0 Å². The zero-order valence-corrected chi connectivity index (χ0v) is 14.4. The van der Waals surface area contributed by atoms with Gasteiger partial charge in [-0.1, -0.05) is 38.1 Å². The standard InChI is InChI=1S/C18H23BrN2/c1-3-11-20-18(17-10-9-16(19)13-21-17)12-15-7-5-14(4-2)6-8-15/h5-10,13,18,20H,3-4,11-12H2,1-2H3. The zero-order chi connectivity index (χ0) is 15.1. The second-order valence-corrected chi connectivity index (χ2v) is 6.20.